The summed E-state index contributed by atoms with van der Waals surface area (Å²) in [5.74, 6) is 6.34. The lowest BCUT2D eigenvalue weighted by Crippen LogP contribution is -2.32. The van der Waals surface area contributed by atoms with Gasteiger partial charge in [-0.1, -0.05) is 18.3 Å². The maximum absolute atomic E-state index is 12.0. The standard InChI is InChI=1S/C15H18N2O2S/c18-8-3-4-12-6-7-14(16-10-12)15(19)17-11-13-5-1-2-9-20-13/h6-7,10,13,18H,1-2,5,8-9,11H2,(H,17,19). The Morgan fingerprint density at radius 3 is 3.05 bits per heavy atom. The molecule has 1 aliphatic heterocycles. The Balaban J connectivity index is 1.85. The number of hydrogen-bond donors (Lipinski definition) is 2. The molecule has 1 fully saturated rings. The first-order valence-corrected chi connectivity index (χ1v) is 7.80. The van der Waals surface area contributed by atoms with Gasteiger partial charge in [-0.25, -0.2) is 4.98 Å². The number of rotatable bonds is 3. The van der Waals surface area contributed by atoms with Gasteiger partial charge in [-0.2, -0.15) is 11.8 Å². The Kier molecular flexibility index (Phi) is 5.90. The van der Waals surface area contributed by atoms with Crippen LogP contribution in [-0.4, -0.2) is 40.2 Å². The molecule has 0 bridgehead atoms. The van der Waals surface area contributed by atoms with Gasteiger partial charge in [0.15, 0.2) is 0 Å². The van der Waals surface area contributed by atoms with Crippen molar-refractivity contribution in [2.75, 3.05) is 18.9 Å². The molecule has 2 rings (SSSR count). The van der Waals surface area contributed by atoms with E-state index in [4.69, 9.17) is 5.11 Å². The number of aliphatic hydroxyl groups is 1. The third-order valence-electron chi connectivity index (χ3n) is 3.07. The predicted octanol–water partition coefficient (Wildman–Crippen LogP) is 1.44. The third-order valence-corrected chi connectivity index (χ3v) is 4.47. The van der Waals surface area contributed by atoms with Gasteiger partial charge in [0.1, 0.15) is 12.3 Å². The number of carbonyl (C=O) groups excluding carboxylic acids is 1. The SMILES string of the molecule is O=C(NCC1CCCCS1)c1ccc(C#CCO)cn1. The van der Waals surface area contributed by atoms with E-state index in [0.29, 0.717) is 23.1 Å². The minimum atomic E-state index is -0.179. The molecule has 4 nitrogen and oxygen atoms in total. The molecule has 2 N–H and O–H groups in total. The zero-order valence-corrected chi connectivity index (χ0v) is 12.1. The Hall–Kier alpha value is -1.51. The van der Waals surface area contributed by atoms with E-state index >= 15 is 0 Å². The van der Waals surface area contributed by atoms with E-state index in [-0.39, 0.29) is 12.5 Å². The Morgan fingerprint density at radius 2 is 2.40 bits per heavy atom. The number of carbonyl (C=O) groups is 1. The lowest BCUT2D eigenvalue weighted by Gasteiger charge is -2.21. The van der Waals surface area contributed by atoms with Crippen molar-refractivity contribution in [2.24, 2.45) is 0 Å². The molecule has 0 radical (unpaired) electrons. The fourth-order valence-corrected chi connectivity index (χ4v) is 3.25. The molecule has 1 aromatic heterocycles. The minimum Gasteiger partial charge on any atom is -0.384 e. The van der Waals surface area contributed by atoms with Gasteiger partial charge >= 0.3 is 0 Å². The number of aliphatic hydroxyl groups excluding tert-OH is 1. The van der Waals surface area contributed by atoms with E-state index < -0.39 is 0 Å². The first kappa shape index (κ1) is 14.9. The normalized spacial score (nSPS) is 17.9. The minimum absolute atomic E-state index is 0.141. The van der Waals surface area contributed by atoms with Crippen molar-refractivity contribution in [3.05, 3.63) is 29.6 Å². The van der Waals surface area contributed by atoms with Crippen molar-refractivity contribution in [3.63, 3.8) is 0 Å². The van der Waals surface area contributed by atoms with E-state index in [1.54, 1.807) is 18.3 Å². The van der Waals surface area contributed by atoms with Crippen LogP contribution >= 0.6 is 11.8 Å². The molecule has 1 aromatic rings. The van der Waals surface area contributed by atoms with E-state index in [1.807, 2.05) is 11.8 Å². The van der Waals surface area contributed by atoms with Crippen LogP contribution in [0.1, 0.15) is 35.3 Å². The molecular formula is C15H18N2O2S. The molecule has 20 heavy (non-hydrogen) atoms. The number of pyridine rings is 1. The van der Waals surface area contributed by atoms with Crippen LogP contribution in [0.5, 0.6) is 0 Å². The maximum atomic E-state index is 12.0. The molecule has 5 heteroatoms. The fourth-order valence-electron chi connectivity index (χ4n) is 2.01. The quantitative estimate of drug-likeness (QED) is 0.827. The fraction of sp³-hybridized carbons (Fsp3) is 0.467. The van der Waals surface area contributed by atoms with Gasteiger partial charge in [0.25, 0.3) is 5.91 Å². The lowest BCUT2D eigenvalue weighted by atomic mass is 10.2. The summed E-state index contributed by atoms with van der Waals surface area (Å²) in [5.41, 5.74) is 1.10. The number of nitrogens with one attached hydrogen (secondary N) is 1. The summed E-state index contributed by atoms with van der Waals surface area (Å²) < 4.78 is 0. The second-order valence-electron chi connectivity index (χ2n) is 4.59. The number of amides is 1. The van der Waals surface area contributed by atoms with Crippen LogP contribution in [0.2, 0.25) is 0 Å². The monoisotopic (exact) mass is 290 g/mol. The van der Waals surface area contributed by atoms with Crippen molar-refractivity contribution in [2.45, 2.75) is 24.5 Å². The highest BCUT2D eigenvalue weighted by atomic mass is 32.2. The summed E-state index contributed by atoms with van der Waals surface area (Å²) in [6, 6.07) is 3.39. The van der Waals surface area contributed by atoms with Gasteiger partial charge < -0.3 is 10.4 Å². The van der Waals surface area contributed by atoms with E-state index in [9.17, 15) is 4.79 Å². The van der Waals surface area contributed by atoms with Gasteiger partial charge in [-0.3, -0.25) is 4.79 Å². The molecule has 1 amide bonds. The number of thioether (sulfide) groups is 1. The van der Waals surface area contributed by atoms with Crippen LogP contribution in [0, 0.1) is 11.8 Å². The highest BCUT2D eigenvalue weighted by Crippen LogP contribution is 2.24. The van der Waals surface area contributed by atoms with Crippen molar-refractivity contribution in [1.82, 2.24) is 10.3 Å². The van der Waals surface area contributed by atoms with Crippen molar-refractivity contribution in [3.8, 4) is 11.8 Å². The topological polar surface area (TPSA) is 62.2 Å². The molecule has 1 aliphatic rings. The zero-order chi connectivity index (χ0) is 14.2. The van der Waals surface area contributed by atoms with E-state index in [1.165, 1.54) is 25.0 Å². The van der Waals surface area contributed by atoms with E-state index in [2.05, 4.69) is 22.1 Å². The molecule has 0 aromatic carbocycles. The van der Waals surface area contributed by atoms with Crippen LogP contribution in [0.25, 0.3) is 0 Å². The third kappa shape index (κ3) is 4.55. The van der Waals surface area contributed by atoms with Crippen LogP contribution in [0.15, 0.2) is 18.3 Å². The Morgan fingerprint density at radius 1 is 1.50 bits per heavy atom. The molecule has 0 spiro atoms. The summed E-state index contributed by atoms with van der Waals surface area (Å²) in [6.07, 6.45) is 5.26. The first-order chi connectivity index (χ1) is 9.79. The summed E-state index contributed by atoms with van der Waals surface area (Å²) in [6.45, 7) is 0.526. The second kappa shape index (κ2) is 7.93. The summed E-state index contributed by atoms with van der Waals surface area (Å²) >= 11 is 1.93. The summed E-state index contributed by atoms with van der Waals surface area (Å²) in [4.78, 5) is 16.0. The highest BCUT2D eigenvalue weighted by molar-refractivity contribution is 7.99. The van der Waals surface area contributed by atoms with Gasteiger partial charge in [0.05, 0.1) is 0 Å². The van der Waals surface area contributed by atoms with Gasteiger partial charge in [-0.15, -0.1) is 0 Å². The van der Waals surface area contributed by atoms with Gasteiger partial charge in [0, 0.05) is 23.6 Å². The van der Waals surface area contributed by atoms with Crippen LogP contribution < -0.4 is 5.32 Å². The summed E-state index contributed by atoms with van der Waals surface area (Å²) in [7, 11) is 0. The molecule has 2 heterocycles. The molecule has 0 saturated carbocycles. The molecule has 1 unspecified atom stereocenters. The second-order valence-corrected chi connectivity index (χ2v) is 6.00. The van der Waals surface area contributed by atoms with Crippen molar-refractivity contribution in [1.29, 1.82) is 0 Å². The predicted molar refractivity (Wildman–Crippen MR) is 80.6 cm³/mol. The van der Waals surface area contributed by atoms with E-state index in [0.717, 1.165) is 0 Å². The maximum Gasteiger partial charge on any atom is 0.269 e. The largest absolute Gasteiger partial charge is 0.384 e. The molecular weight excluding hydrogens is 272 g/mol. The number of nitrogens with zero attached hydrogens (tertiary/aromatic N) is 1. The molecule has 1 atom stereocenters. The number of aromatic nitrogens is 1. The molecule has 106 valence electrons. The molecule has 1 saturated heterocycles. The lowest BCUT2D eigenvalue weighted by molar-refractivity contribution is 0.0948. The van der Waals surface area contributed by atoms with Crippen LogP contribution in [-0.2, 0) is 0 Å². The van der Waals surface area contributed by atoms with Crippen LogP contribution in [0.3, 0.4) is 0 Å². The Bertz CT molecular complexity index is 499. The first-order valence-electron chi connectivity index (χ1n) is 6.75. The zero-order valence-electron chi connectivity index (χ0n) is 11.3. The summed E-state index contributed by atoms with van der Waals surface area (Å²) in [5, 5.41) is 12.1. The Labute approximate surface area is 123 Å². The van der Waals surface area contributed by atoms with Crippen molar-refractivity contribution >= 4 is 17.7 Å². The number of hydrogen-bond acceptors (Lipinski definition) is 4. The van der Waals surface area contributed by atoms with Crippen molar-refractivity contribution < 1.29 is 9.90 Å². The highest BCUT2D eigenvalue weighted by Gasteiger charge is 2.15. The average Bonchev–Trinajstić information content (AvgIpc) is 2.52. The van der Waals surface area contributed by atoms with Gasteiger partial charge in [-0.05, 0) is 30.7 Å². The average molecular weight is 290 g/mol. The smallest absolute Gasteiger partial charge is 0.269 e. The van der Waals surface area contributed by atoms with Crippen LogP contribution in [0.4, 0.5) is 0 Å². The molecule has 0 aliphatic carbocycles. The van der Waals surface area contributed by atoms with Gasteiger partial charge in [0.2, 0.25) is 0 Å².